The Labute approximate surface area is 102 Å². The molecule has 3 heteroatoms. The van der Waals surface area contributed by atoms with Crippen molar-refractivity contribution in [3.8, 4) is 0 Å². The number of nitrogens with zero attached hydrogens (tertiary/aromatic N) is 2. The molecule has 0 radical (unpaired) electrons. The molecular weight excluding hydrogens is 198 g/mol. The van der Waals surface area contributed by atoms with E-state index in [1.807, 2.05) is 0 Å². The SMILES string of the molecule is CCC(C)N(C)CCNCCN(CC)CC. The van der Waals surface area contributed by atoms with E-state index < -0.39 is 0 Å². The minimum Gasteiger partial charge on any atom is -0.314 e. The monoisotopic (exact) mass is 229 g/mol. The third-order valence-corrected chi connectivity index (χ3v) is 3.48. The van der Waals surface area contributed by atoms with Crippen molar-refractivity contribution in [2.24, 2.45) is 0 Å². The molecule has 0 spiro atoms. The molecule has 1 atom stereocenters. The normalized spacial score (nSPS) is 13.7. The van der Waals surface area contributed by atoms with E-state index in [0.29, 0.717) is 6.04 Å². The summed E-state index contributed by atoms with van der Waals surface area (Å²) in [6.07, 6.45) is 1.23. The molecule has 0 aliphatic rings. The van der Waals surface area contributed by atoms with Gasteiger partial charge in [0.2, 0.25) is 0 Å². The minimum atomic E-state index is 0.699. The molecule has 1 unspecified atom stereocenters. The van der Waals surface area contributed by atoms with Crippen LogP contribution in [0.25, 0.3) is 0 Å². The minimum absolute atomic E-state index is 0.699. The van der Waals surface area contributed by atoms with Gasteiger partial charge < -0.3 is 15.1 Å². The molecule has 0 aliphatic heterocycles. The van der Waals surface area contributed by atoms with Crippen LogP contribution in [0, 0.1) is 0 Å². The summed E-state index contributed by atoms with van der Waals surface area (Å²) in [5.74, 6) is 0. The Kier molecular flexibility index (Phi) is 9.99. The Morgan fingerprint density at radius 2 is 1.56 bits per heavy atom. The molecule has 0 amide bonds. The smallest absolute Gasteiger partial charge is 0.0107 e. The molecule has 0 bridgehead atoms. The van der Waals surface area contributed by atoms with Gasteiger partial charge in [-0.2, -0.15) is 0 Å². The first kappa shape index (κ1) is 15.9. The Balaban J connectivity index is 3.39. The number of rotatable bonds is 10. The lowest BCUT2D eigenvalue weighted by Gasteiger charge is -2.24. The average Bonchev–Trinajstić information content (AvgIpc) is 2.32. The summed E-state index contributed by atoms with van der Waals surface area (Å²) in [4.78, 5) is 4.87. The quantitative estimate of drug-likeness (QED) is 0.575. The van der Waals surface area contributed by atoms with E-state index in [0.717, 1.165) is 32.7 Å². The fraction of sp³-hybridized carbons (Fsp3) is 1.00. The molecule has 0 aromatic carbocycles. The van der Waals surface area contributed by atoms with Crippen molar-refractivity contribution in [2.45, 2.75) is 40.2 Å². The Bertz CT molecular complexity index is 146. The first-order chi connectivity index (χ1) is 7.65. The summed E-state index contributed by atoms with van der Waals surface area (Å²) in [7, 11) is 2.21. The van der Waals surface area contributed by atoms with Crippen LogP contribution in [0.4, 0.5) is 0 Å². The van der Waals surface area contributed by atoms with Gasteiger partial charge in [0.1, 0.15) is 0 Å². The van der Waals surface area contributed by atoms with Crippen molar-refractivity contribution < 1.29 is 0 Å². The lowest BCUT2D eigenvalue weighted by atomic mass is 10.2. The first-order valence-electron chi connectivity index (χ1n) is 6.78. The Hall–Kier alpha value is -0.120. The largest absolute Gasteiger partial charge is 0.314 e. The summed E-state index contributed by atoms with van der Waals surface area (Å²) in [5.41, 5.74) is 0. The third kappa shape index (κ3) is 7.20. The molecule has 1 N–H and O–H groups in total. The summed E-state index contributed by atoms with van der Waals surface area (Å²) < 4.78 is 0. The highest BCUT2D eigenvalue weighted by Crippen LogP contribution is 1.97. The van der Waals surface area contributed by atoms with Crippen LogP contribution in [0.3, 0.4) is 0 Å². The van der Waals surface area contributed by atoms with Crippen LogP contribution >= 0.6 is 0 Å². The molecule has 3 nitrogen and oxygen atoms in total. The van der Waals surface area contributed by atoms with E-state index in [9.17, 15) is 0 Å². The second-order valence-corrected chi connectivity index (χ2v) is 4.51. The van der Waals surface area contributed by atoms with Gasteiger partial charge in [0, 0.05) is 32.2 Å². The highest BCUT2D eigenvalue weighted by molar-refractivity contribution is 4.63. The maximum atomic E-state index is 3.51. The number of likely N-dealkylation sites (N-methyl/N-ethyl adjacent to an activating group) is 2. The maximum Gasteiger partial charge on any atom is 0.0107 e. The van der Waals surface area contributed by atoms with Crippen molar-refractivity contribution in [3.05, 3.63) is 0 Å². The number of nitrogens with one attached hydrogen (secondary N) is 1. The van der Waals surface area contributed by atoms with Gasteiger partial charge >= 0.3 is 0 Å². The third-order valence-electron chi connectivity index (χ3n) is 3.48. The second-order valence-electron chi connectivity index (χ2n) is 4.51. The number of hydrogen-bond donors (Lipinski definition) is 1. The molecule has 0 aromatic heterocycles. The predicted octanol–water partition coefficient (Wildman–Crippen LogP) is 1.65. The van der Waals surface area contributed by atoms with E-state index in [4.69, 9.17) is 0 Å². The van der Waals surface area contributed by atoms with Crippen molar-refractivity contribution in [1.82, 2.24) is 15.1 Å². The van der Waals surface area contributed by atoms with Gasteiger partial charge in [0.25, 0.3) is 0 Å². The van der Waals surface area contributed by atoms with Crippen molar-refractivity contribution in [2.75, 3.05) is 46.3 Å². The van der Waals surface area contributed by atoms with Crippen LogP contribution in [0.15, 0.2) is 0 Å². The van der Waals surface area contributed by atoms with Crippen LogP contribution in [0.2, 0.25) is 0 Å². The van der Waals surface area contributed by atoms with Crippen molar-refractivity contribution in [1.29, 1.82) is 0 Å². The molecule has 0 saturated heterocycles. The Morgan fingerprint density at radius 1 is 1.00 bits per heavy atom. The van der Waals surface area contributed by atoms with Crippen LogP contribution in [0.5, 0.6) is 0 Å². The molecular formula is C13H31N3. The highest BCUT2D eigenvalue weighted by atomic mass is 15.2. The van der Waals surface area contributed by atoms with E-state index >= 15 is 0 Å². The molecule has 16 heavy (non-hydrogen) atoms. The average molecular weight is 229 g/mol. The summed E-state index contributed by atoms with van der Waals surface area (Å²) >= 11 is 0. The molecule has 0 aromatic rings. The van der Waals surface area contributed by atoms with Gasteiger partial charge in [0.15, 0.2) is 0 Å². The standard InChI is InChI=1S/C13H31N3/c1-6-13(4)15(5)11-9-14-10-12-16(7-2)8-3/h13-14H,6-12H2,1-5H3. The molecule has 0 aliphatic carbocycles. The van der Waals surface area contributed by atoms with E-state index in [2.05, 4.69) is 49.9 Å². The Morgan fingerprint density at radius 3 is 2.06 bits per heavy atom. The molecule has 0 fully saturated rings. The fourth-order valence-electron chi connectivity index (χ4n) is 1.69. The summed E-state index contributed by atoms with van der Waals surface area (Å²) in [6, 6.07) is 0.699. The molecule has 0 rings (SSSR count). The lowest BCUT2D eigenvalue weighted by molar-refractivity contribution is 0.247. The summed E-state index contributed by atoms with van der Waals surface area (Å²) in [5, 5.41) is 3.51. The van der Waals surface area contributed by atoms with E-state index in [-0.39, 0.29) is 0 Å². The van der Waals surface area contributed by atoms with E-state index in [1.54, 1.807) is 0 Å². The molecule has 0 heterocycles. The van der Waals surface area contributed by atoms with Gasteiger partial charge in [-0.25, -0.2) is 0 Å². The maximum absolute atomic E-state index is 3.51. The van der Waals surface area contributed by atoms with Crippen LogP contribution < -0.4 is 5.32 Å². The van der Waals surface area contributed by atoms with Gasteiger partial charge in [-0.1, -0.05) is 20.8 Å². The summed E-state index contributed by atoms with van der Waals surface area (Å²) in [6.45, 7) is 15.8. The first-order valence-corrected chi connectivity index (χ1v) is 6.78. The zero-order valence-electron chi connectivity index (χ0n) is 11.9. The van der Waals surface area contributed by atoms with Gasteiger partial charge in [-0.3, -0.25) is 0 Å². The fourth-order valence-corrected chi connectivity index (χ4v) is 1.69. The van der Waals surface area contributed by atoms with Gasteiger partial charge in [0.05, 0.1) is 0 Å². The number of hydrogen-bond acceptors (Lipinski definition) is 3. The van der Waals surface area contributed by atoms with Crippen LogP contribution in [0.1, 0.15) is 34.1 Å². The van der Waals surface area contributed by atoms with Gasteiger partial charge in [-0.15, -0.1) is 0 Å². The second kappa shape index (κ2) is 10.1. The zero-order valence-corrected chi connectivity index (χ0v) is 11.9. The zero-order chi connectivity index (χ0) is 12.4. The van der Waals surface area contributed by atoms with Gasteiger partial charge in [-0.05, 0) is 33.5 Å². The topological polar surface area (TPSA) is 18.5 Å². The van der Waals surface area contributed by atoms with Crippen LogP contribution in [-0.2, 0) is 0 Å². The predicted molar refractivity (Wildman–Crippen MR) is 73.0 cm³/mol. The highest BCUT2D eigenvalue weighted by Gasteiger charge is 2.05. The van der Waals surface area contributed by atoms with Crippen molar-refractivity contribution >= 4 is 0 Å². The van der Waals surface area contributed by atoms with Crippen molar-refractivity contribution in [3.63, 3.8) is 0 Å². The molecule has 0 saturated carbocycles. The lowest BCUT2D eigenvalue weighted by Crippen LogP contribution is -2.38. The van der Waals surface area contributed by atoms with E-state index in [1.165, 1.54) is 13.0 Å². The van der Waals surface area contributed by atoms with Crippen LogP contribution in [-0.4, -0.2) is 62.2 Å². The molecule has 98 valence electrons.